The molecule has 1 saturated carbocycles. The van der Waals surface area contributed by atoms with Gasteiger partial charge in [-0.3, -0.25) is 0 Å². The van der Waals surface area contributed by atoms with Gasteiger partial charge in [-0.25, -0.2) is 9.78 Å². The third-order valence-electron chi connectivity index (χ3n) is 6.66. The van der Waals surface area contributed by atoms with Crippen LogP contribution < -0.4 is 0 Å². The zero-order valence-electron chi connectivity index (χ0n) is 15.4. The summed E-state index contributed by atoms with van der Waals surface area (Å²) < 4.78 is 40.1. The van der Waals surface area contributed by atoms with Gasteiger partial charge in [0.05, 0.1) is 0 Å². The van der Waals surface area contributed by atoms with Gasteiger partial charge in [0.1, 0.15) is 5.82 Å². The van der Waals surface area contributed by atoms with Crippen LogP contribution in [0.15, 0.2) is 6.20 Å². The Bertz CT molecular complexity index is 719. The first-order valence-electron chi connectivity index (χ1n) is 9.49. The second-order valence-corrected chi connectivity index (χ2v) is 8.42. The fourth-order valence-corrected chi connectivity index (χ4v) is 5.15. The Morgan fingerprint density at radius 3 is 2.44 bits per heavy atom. The van der Waals surface area contributed by atoms with Crippen LogP contribution >= 0.6 is 0 Å². The topological polar surface area (TPSA) is 61.6 Å². The van der Waals surface area contributed by atoms with Crippen LogP contribution in [-0.2, 0) is 13.2 Å². The van der Waals surface area contributed by atoms with Gasteiger partial charge in [0.2, 0.25) is 0 Å². The molecular weight excluding hydrogens is 361 g/mol. The van der Waals surface area contributed by atoms with E-state index in [1.807, 2.05) is 0 Å². The summed E-state index contributed by atoms with van der Waals surface area (Å²) in [5.41, 5.74) is -0.658. The highest BCUT2D eigenvalue weighted by Gasteiger charge is 2.51. The number of aromatic nitrogens is 2. The third kappa shape index (κ3) is 3.41. The van der Waals surface area contributed by atoms with Crippen LogP contribution in [0.4, 0.5) is 18.0 Å². The number of alkyl halides is 3. The highest BCUT2D eigenvalue weighted by molar-refractivity contribution is 5.65. The van der Waals surface area contributed by atoms with Gasteiger partial charge in [-0.2, -0.15) is 13.2 Å². The molecule has 3 fully saturated rings. The standard InChI is InChI=1S/C18H25F3N4O2/c1-23-10-14(18(19,20)21)22-15(23)12-2-5-24(6-3-12)13-8-17(9-13)4-7-25(11-17)16(26)27/h10,12-13H,2-9,11H2,1H3,(H,26,27). The molecule has 3 aliphatic rings. The van der Waals surface area contributed by atoms with E-state index in [2.05, 4.69) is 9.88 Å². The zero-order chi connectivity index (χ0) is 19.4. The van der Waals surface area contributed by atoms with E-state index >= 15 is 0 Å². The van der Waals surface area contributed by atoms with Gasteiger partial charge >= 0.3 is 12.3 Å². The molecule has 0 bridgehead atoms. The van der Waals surface area contributed by atoms with Gasteiger partial charge in [-0.05, 0) is 50.6 Å². The van der Waals surface area contributed by atoms with Crippen LogP contribution in [0, 0.1) is 5.41 Å². The number of piperidine rings is 1. The predicted octanol–water partition coefficient (Wildman–Crippen LogP) is 3.15. The molecule has 9 heteroatoms. The van der Waals surface area contributed by atoms with Gasteiger partial charge in [0.15, 0.2) is 5.69 Å². The van der Waals surface area contributed by atoms with Crippen LogP contribution in [0.5, 0.6) is 0 Å². The summed E-state index contributed by atoms with van der Waals surface area (Å²) in [5.74, 6) is 0.588. The molecule has 1 aromatic heterocycles. The zero-order valence-corrected chi connectivity index (χ0v) is 15.4. The van der Waals surface area contributed by atoms with Crippen molar-refractivity contribution in [1.29, 1.82) is 0 Å². The molecule has 0 atom stereocenters. The summed E-state index contributed by atoms with van der Waals surface area (Å²) in [6, 6.07) is 0.479. The Balaban J connectivity index is 1.31. The number of hydrogen-bond acceptors (Lipinski definition) is 3. The molecule has 0 radical (unpaired) electrons. The molecule has 2 saturated heterocycles. The molecule has 4 rings (SSSR count). The van der Waals surface area contributed by atoms with E-state index in [9.17, 15) is 18.0 Å². The minimum absolute atomic E-state index is 0.0605. The quantitative estimate of drug-likeness (QED) is 0.848. The molecule has 1 N–H and O–H groups in total. The predicted molar refractivity (Wildman–Crippen MR) is 91.4 cm³/mol. The molecule has 2 aliphatic heterocycles. The minimum Gasteiger partial charge on any atom is -0.465 e. The maximum atomic E-state index is 12.9. The maximum Gasteiger partial charge on any atom is 0.434 e. The van der Waals surface area contributed by atoms with Crippen LogP contribution in [0.1, 0.15) is 49.5 Å². The lowest BCUT2D eigenvalue weighted by molar-refractivity contribution is -0.141. The summed E-state index contributed by atoms with van der Waals surface area (Å²) in [6.07, 6.45) is 0.474. The van der Waals surface area contributed by atoms with Crippen molar-refractivity contribution < 1.29 is 23.1 Å². The first-order valence-corrected chi connectivity index (χ1v) is 9.49. The van der Waals surface area contributed by atoms with Crippen molar-refractivity contribution in [3.8, 4) is 0 Å². The van der Waals surface area contributed by atoms with E-state index in [1.54, 1.807) is 7.05 Å². The van der Waals surface area contributed by atoms with E-state index in [4.69, 9.17) is 5.11 Å². The van der Waals surface area contributed by atoms with E-state index in [1.165, 1.54) is 9.47 Å². The molecule has 27 heavy (non-hydrogen) atoms. The second-order valence-electron chi connectivity index (χ2n) is 8.42. The van der Waals surface area contributed by atoms with Gasteiger partial charge in [0.25, 0.3) is 0 Å². The molecular formula is C18H25F3N4O2. The molecule has 150 valence electrons. The number of hydrogen-bond donors (Lipinski definition) is 1. The summed E-state index contributed by atoms with van der Waals surface area (Å²) in [7, 11) is 1.63. The van der Waals surface area contributed by atoms with Crippen LogP contribution in [0.2, 0.25) is 0 Å². The van der Waals surface area contributed by atoms with E-state index in [0.717, 1.165) is 51.4 Å². The van der Waals surface area contributed by atoms with Crippen molar-refractivity contribution in [2.24, 2.45) is 12.5 Å². The van der Waals surface area contributed by atoms with Gasteiger partial charge in [-0.15, -0.1) is 0 Å². The molecule has 1 aliphatic carbocycles. The number of likely N-dealkylation sites (tertiary alicyclic amines) is 2. The first kappa shape index (κ1) is 18.6. The fourth-order valence-electron chi connectivity index (χ4n) is 5.15. The third-order valence-corrected chi connectivity index (χ3v) is 6.66. The van der Waals surface area contributed by atoms with Gasteiger partial charge < -0.3 is 19.5 Å². The Morgan fingerprint density at radius 2 is 1.93 bits per heavy atom. The van der Waals surface area contributed by atoms with Crippen molar-refractivity contribution in [1.82, 2.24) is 19.4 Å². The number of carbonyl (C=O) groups is 1. The molecule has 1 spiro atoms. The SMILES string of the molecule is Cn1cc(C(F)(F)F)nc1C1CCN(C2CC3(CCN(C(=O)O)C3)C2)CC1. The average Bonchev–Trinajstić information content (AvgIpc) is 3.18. The van der Waals surface area contributed by atoms with E-state index in [-0.39, 0.29) is 11.3 Å². The molecule has 0 aromatic carbocycles. The summed E-state index contributed by atoms with van der Waals surface area (Å²) in [4.78, 5) is 18.9. The molecule has 3 heterocycles. The smallest absolute Gasteiger partial charge is 0.434 e. The van der Waals surface area contributed by atoms with E-state index in [0.29, 0.717) is 25.0 Å². The summed E-state index contributed by atoms with van der Waals surface area (Å²) >= 11 is 0. The number of rotatable bonds is 2. The Morgan fingerprint density at radius 1 is 1.26 bits per heavy atom. The largest absolute Gasteiger partial charge is 0.465 e. The summed E-state index contributed by atoms with van der Waals surface area (Å²) in [6.45, 7) is 3.00. The second kappa shape index (κ2) is 6.39. The maximum absolute atomic E-state index is 12.9. The Labute approximate surface area is 155 Å². The number of nitrogens with zero attached hydrogens (tertiary/aromatic N) is 4. The average molecular weight is 386 g/mol. The fraction of sp³-hybridized carbons (Fsp3) is 0.778. The Hall–Kier alpha value is -1.77. The Kier molecular flexibility index (Phi) is 4.40. The van der Waals surface area contributed by atoms with Gasteiger partial charge in [0, 0.05) is 38.3 Å². The number of amides is 1. The van der Waals surface area contributed by atoms with Crippen molar-refractivity contribution in [2.45, 2.75) is 50.2 Å². The van der Waals surface area contributed by atoms with Crippen LogP contribution in [-0.4, -0.2) is 62.8 Å². The lowest BCUT2D eigenvalue weighted by Crippen LogP contribution is -2.54. The van der Waals surface area contributed by atoms with E-state index < -0.39 is 18.0 Å². The molecule has 6 nitrogen and oxygen atoms in total. The van der Waals surface area contributed by atoms with Crippen molar-refractivity contribution in [3.05, 3.63) is 17.7 Å². The minimum atomic E-state index is -4.40. The lowest BCUT2D eigenvalue weighted by atomic mass is 9.64. The van der Waals surface area contributed by atoms with Crippen molar-refractivity contribution in [3.63, 3.8) is 0 Å². The first-order chi connectivity index (χ1) is 12.7. The number of aryl methyl sites for hydroxylation is 1. The van der Waals surface area contributed by atoms with Crippen LogP contribution in [0.3, 0.4) is 0 Å². The number of carboxylic acid groups (broad SMARTS) is 1. The molecule has 1 amide bonds. The molecule has 1 aromatic rings. The number of imidazole rings is 1. The van der Waals surface area contributed by atoms with Crippen molar-refractivity contribution in [2.75, 3.05) is 26.2 Å². The monoisotopic (exact) mass is 386 g/mol. The van der Waals surface area contributed by atoms with Gasteiger partial charge in [-0.1, -0.05) is 0 Å². The highest BCUT2D eigenvalue weighted by Crippen LogP contribution is 2.50. The lowest BCUT2D eigenvalue weighted by Gasteiger charge is -2.51. The van der Waals surface area contributed by atoms with Crippen LogP contribution in [0.25, 0.3) is 0 Å². The number of halogens is 3. The summed E-state index contributed by atoms with van der Waals surface area (Å²) in [5, 5.41) is 9.13. The highest BCUT2D eigenvalue weighted by atomic mass is 19.4. The molecule has 0 unspecified atom stereocenters. The van der Waals surface area contributed by atoms with Crippen molar-refractivity contribution >= 4 is 6.09 Å². The normalized spacial score (nSPS) is 30.1.